The van der Waals surface area contributed by atoms with Gasteiger partial charge in [-0.2, -0.15) is 0 Å². The van der Waals surface area contributed by atoms with Crippen LogP contribution in [0.3, 0.4) is 0 Å². The first kappa shape index (κ1) is 17.2. The third kappa shape index (κ3) is 3.97. The summed E-state index contributed by atoms with van der Waals surface area (Å²) in [5, 5.41) is 12.5. The molecule has 0 aromatic heterocycles. The molecule has 0 amide bonds. The number of nitrogens with one attached hydrogen (secondary N) is 1. The van der Waals surface area contributed by atoms with Crippen LogP contribution in [0.4, 0.5) is 0 Å². The fraction of sp³-hybridized carbons (Fsp3) is 0.529. The van der Waals surface area contributed by atoms with E-state index in [1.165, 1.54) is 11.8 Å². The minimum atomic E-state index is -0.222. The molecule has 0 radical (unpaired) electrons. The molecule has 1 aromatic carbocycles. The van der Waals surface area contributed by atoms with E-state index >= 15 is 0 Å². The van der Waals surface area contributed by atoms with Gasteiger partial charge in [0.1, 0.15) is 5.78 Å². The molecule has 22 heavy (non-hydrogen) atoms. The molecule has 0 bridgehead atoms. The van der Waals surface area contributed by atoms with E-state index in [0.29, 0.717) is 18.7 Å². The normalized spacial score (nSPS) is 27.1. The minimum Gasteiger partial charge on any atom is -0.392 e. The molecule has 0 aliphatic carbocycles. The van der Waals surface area contributed by atoms with Gasteiger partial charge in [-0.3, -0.25) is 9.59 Å². The largest absolute Gasteiger partial charge is 0.392 e. The third-order valence-electron chi connectivity index (χ3n) is 4.31. The summed E-state index contributed by atoms with van der Waals surface area (Å²) in [5.74, 6) is 0.316. The lowest BCUT2D eigenvalue weighted by molar-refractivity contribution is -0.127. The fourth-order valence-electron chi connectivity index (χ4n) is 2.80. The molecule has 5 heteroatoms. The van der Waals surface area contributed by atoms with Gasteiger partial charge in [0.2, 0.25) is 0 Å². The maximum absolute atomic E-state index is 12.3. The van der Waals surface area contributed by atoms with Crippen LogP contribution in [0.5, 0.6) is 0 Å². The number of carbonyl (C=O) groups is 2. The molecule has 1 aliphatic rings. The quantitative estimate of drug-likeness (QED) is 0.894. The van der Waals surface area contributed by atoms with Crippen LogP contribution in [0.1, 0.15) is 37.4 Å². The van der Waals surface area contributed by atoms with Gasteiger partial charge in [0.25, 0.3) is 0 Å². The average Bonchev–Trinajstić information content (AvgIpc) is 2.59. The fourth-order valence-corrected chi connectivity index (χ4v) is 3.87. The number of rotatable bonds is 3. The molecule has 1 heterocycles. The van der Waals surface area contributed by atoms with E-state index in [-0.39, 0.29) is 35.4 Å². The summed E-state index contributed by atoms with van der Waals surface area (Å²) in [4.78, 5) is 24.6. The Morgan fingerprint density at radius 1 is 1.27 bits per heavy atom. The van der Waals surface area contributed by atoms with Gasteiger partial charge in [-0.15, -0.1) is 0 Å². The number of thioether (sulfide) groups is 1. The number of hydrogen-bond donors (Lipinski definition) is 2. The van der Waals surface area contributed by atoms with Crippen LogP contribution in [-0.4, -0.2) is 28.3 Å². The van der Waals surface area contributed by atoms with Gasteiger partial charge in [-0.05, 0) is 17.5 Å². The Bertz CT molecular complexity index is 529. The van der Waals surface area contributed by atoms with E-state index in [4.69, 9.17) is 5.11 Å². The summed E-state index contributed by atoms with van der Waals surface area (Å²) < 4.78 is 0. The number of Topliss-reactive ketones (excluding diaryl/α,β-unsaturated/α-hetero) is 1. The first-order valence-electron chi connectivity index (χ1n) is 7.69. The Morgan fingerprint density at radius 3 is 2.55 bits per heavy atom. The van der Waals surface area contributed by atoms with Crippen molar-refractivity contribution >= 4 is 22.7 Å². The molecule has 1 aromatic rings. The second kappa shape index (κ2) is 7.90. The van der Waals surface area contributed by atoms with Crippen molar-refractivity contribution in [2.24, 2.45) is 11.8 Å². The maximum Gasteiger partial charge on any atom is 0.192 e. The number of aliphatic hydroxyl groups excluding tert-OH is 1. The van der Waals surface area contributed by atoms with Crippen molar-refractivity contribution in [3.05, 3.63) is 35.4 Å². The first-order chi connectivity index (χ1) is 10.6. The smallest absolute Gasteiger partial charge is 0.192 e. The van der Waals surface area contributed by atoms with Gasteiger partial charge in [0.15, 0.2) is 5.12 Å². The van der Waals surface area contributed by atoms with E-state index in [1.807, 2.05) is 38.1 Å². The lowest BCUT2D eigenvalue weighted by Gasteiger charge is -2.19. The highest BCUT2D eigenvalue weighted by Crippen LogP contribution is 2.28. The molecular formula is C17H23NO3S. The van der Waals surface area contributed by atoms with E-state index in [2.05, 4.69) is 5.32 Å². The van der Waals surface area contributed by atoms with E-state index in [9.17, 15) is 9.59 Å². The van der Waals surface area contributed by atoms with Gasteiger partial charge in [0, 0.05) is 23.6 Å². The standard InChI is InChI=1S/C17H23NO3S/c1-3-14-11(2)17(21)22-10-15(18-8-16(14)20)13-6-4-12(9-19)5-7-13/h4-7,11,14-15,18-19H,3,8-10H2,1-2H3. The van der Waals surface area contributed by atoms with Crippen LogP contribution >= 0.6 is 11.8 Å². The monoisotopic (exact) mass is 321 g/mol. The van der Waals surface area contributed by atoms with Gasteiger partial charge < -0.3 is 10.4 Å². The SMILES string of the molecule is CCC1C(=O)CNC(c2ccc(CO)cc2)CSC(=O)C1C. The zero-order chi connectivity index (χ0) is 16.1. The van der Waals surface area contributed by atoms with Crippen molar-refractivity contribution in [3.8, 4) is 0 Å². The van der Waals surface area contributed by atoms with Crippen molar-refractivity contribution in [3.63, 3.8) is 0 Å². The predicted molar refractivity (Wildman–Crippen MR) is 88.5 cm³/mol. The first-order valence-corrected chi connectivity index (χ1v) is 8.67. The highest BCUT2D eigenvalue weighted by Gasteiger charge is 2.31. The summed E-state index contributed by atoms with van der Waals surface area (Å²) in [5.41, 5.74) is 1.89. The van der Waals surface area contributed by atoms with Crippen molar-refractivity contribution in [1.82, 2.24) is 5.32 Å². The van der Waals surface area contributed by atoms with Gasteiger partial charge >= 0.3 is 0 Å². The Labute approximate surface area is 135 Å². The van der Waals surface area contributed by atoms with Crippen LogP contribution in [-0.2, 0) is 16.2 Å². The van der Waals surface area contributed by atoms with Gasteiger partial charge in [0.05, 0.1) is 13.2 Å². The van der Waals surface area contributed by atoms with Crippen LogP contribution in [0.25, 0.3) is 0 Å². The lowest BCUT2D eigenvalue weighted by atomic mass is 9.88. The molecule has 120 valence electrons. The van der Waals surface area contributed by atoms with Crippen molar-refractivity contribution < 1.29 is 14.7 Å². The molecule has 0 spiro atoms. The summed E-state index contributed by atoms with van der Waals surface area (Å²) >= 11 is 1.30. The molecule has 4 nitrogen and oxygen atoms in total. The highest BCUT2D eigenvalue weighted by atomic mass is 32.2. The molecule has 3 unspecified atom stereocenters. The Balaban J connectivity index is 2.17. The minimum absolute atomic E-state index is 0.0137. The van der Waals surface area contributed by atoms with Crippen LogP contribution in [0.15, 0.2) is 24.3 Å². The van der Waals surface area contributed by atoms with Crippen molar-refractivity contribution in [2.75, 3.05) is 12.3 Å². The topological polar surface area (TPSA) is 66.4 Å². The second-order valence-electron chi connectivity index (χ2n) is 5.73. The summed E-state index contributed by atoms with van der Waals surface area (Å²) in [6.07, 6.45) is 0.698. The molecule has 2 rings (SSSR count). The Kier molecular flexibility index (Phi) is 6.17. The number of benzene rings is 1. The third-order valence-corrected chi connectivity index (χ3v) is 5.46. The molecular weight excluding hydrogens is 298 g/mol. The second-order valence-corrected chi connectivity index (χ2v) is 6.76. The predicted octanol–water partition coefficient (Wildman–Crippen LogP) is 2.31. The summed E-state index contributed by atoms with van der Waals surface area (Å²) in [6, 6.07) is 7.59. The Hall–Kier alpha value is -1.17. The molecule has 1 fully saturated rings. The van der Waals surface area contributed by atoms with Crippen molar-refractivity contribution in [2.45, 2.75) is 32.9 Å². The summed E-state index contributed by atoms with van der Waals surface area (Å²) in [6.45, 7) is 4.13. The van der Waals surface area contributed by atoms with Crippen LogP contribution < -0.4 is 5.32 Å². The average molecular weight is 321 g/mol. The van der Waals surface area contributed by atoms with E-state index < -0.39 is 0 Å². The van der Waals surface area contributed by atoms with E-state index in [1.54, 1.807) is 0 Å². The van der Waals surface area contributed by atoms with Gasteiger partial charge in [-0.25, -0.2) is 0 Å². The van der Waals surface area contributed by atoms with Crippen LogP contribution in [0, 0.1) is 11.8 Å². The van der Waals surface area contributed by atoms with Crippen molar-refractivity contribution in [1.29, 1.82) is 0 Å². The summed E-state index contributed by atoms with van der Waals surface area (Å²) in [7, 11) is 0. The molecule has 2 N–H and O–H groups in total. The van der Waals surface area contributed by atoms with Gasteiger partial charge in [-0.1, -0.05) is 49.9 Å². The number of carbonyl (C=O) groups excluding carboxylic acids is 2. The van der Waals surface area contributed by atoms with E-state index in [0.717, 1.165) is 11.1 Å². The lowest BCUT2D eigenvalue weighted by Crippen LogP contribution is -2.33. The van der Waals surface area contributed by atoms with Crippen LogP contribution in [0.2, 0.25) is 0 Å². The molecule has 1 saturated heterocycles. The zero-order valence-electron chi connectivity index (χ0n) is 13.0. The maximum atomic E-state index is 12.3. The molecule has 0 saturated carbocycles. The number of hydrogen-bond acceptors (Lipinski definition) is 5. The zero-order valence-corrected chi connectivity index (χ0v) is 13.9. The Morgan fingerprint density at radius 2 is 1.95 bits per heavy atom. The number of ketones is 1. The molecule has 3 atom stereocenters. The highest BCUT2D eigenvalue weighted by molar-refractivity contribution is 8.13. The number of aliphatic hydroxyl groups is 1. The molecule has 1 aliphatic heterocycles.